The molecule has 0 bridgehead atoms. The monoisotopic (exact) mass is 235 g/mol. The molecule has 0 spiro atoms. The van der Waals surface area contributed by atoms with Crippen molar-refractivity contribution in [2.45, 2.75) is 44.2 Å². The van der Waals surface area contributed by atoms with Crippen LogP contribution in [-0.4, -0.2) is 17.8 Å². The first kappa shape index (κ1) is 12.4. The Kier molecular flexibility index (Phi) is 3.15. The van der Waals surface area contributed by atoms with Gasteiger partial charge in [-0.1, -0.05) is 26.0 Å². The Bertz CT molecular complexity index is 411. The van der Waals surface area contributed by atoms with Crippen LogP contribution in [0, 0.1) is 0 Å². The third kappa shape index (κ3) is 2.31. The van der Waals surface area contributed by atoms with E-state index in [4.69, 9.17) is 10.5 Å². The zero-order valence-corrected chi connectivity index (χ0v) is 10.7. The second kappa shape index (κ2) is 4.31. The molecule has 0 saturated heterocycles. The molecule has 17 heavy (non-hydrogen) atoms. The van der Waals surface area contributed by atoms with Crippen LogP contribution in [0.3, 0.4) is 0 Å². The third-order valence-electron chi connectivity index (χ3n) is 3.59. The van der Waals surface area contributed by atoms with Gasteiger partial charge in [0, 0.05) is 11.1 Å². The van der Waals surface area contributed by atoms with Crippen LogP contribution in [0.25, 0.3) is 0 Å². The third-order valence-corrected chi connectivity index (χ3v) is 3.59. The van der Waals surface area contributed by atoms with Crippen LogP contribution >= 0.6 is 0 Å². The van der Waals surface area contributed by atoms with E-state index in [1.54, 1.807) is 7.11 Å². The molecule has 0 amide bonds. The number of hydrogen-bond donors (Lipinski definition) is 2. The van der Waals surface area contributed by atoms with E-state index in [1.165, 1.54) is 5.56 Å². The van der Waals surface area contributed by atoms with Gasteiger partial charge in [-0.25, -0.2) is 0 Å². The van der Waals surface area contributed by atoms with Crippen molar-refractivity contribution in [3.8, 4) is 5.75 Å². The molecule has 3 heteroatoms. The van der Waals surface area contributed by atoms with Crippen LogP contribution < -0.4 is 10.5 Å². The maximum Gasteiger partial charge on any atom is 0.125 e. The van der Waals surface area contributed by atoms with Gasteiger partial charge in [0.15, 0.2) is 0 Å². The molecular weight excluding hydrogens is 214 g/mol. The number of aliphatic hydroxyl groups is 1. The highest BCUT2D eigenvalue weighted by atomic mass is 16.5. The summed E-state index contributed by atoms with van der Waals surface area (Å²) in [7, 11) is 1.63. The van der Waals surface area contributed by atoms with E-state index in [2.05, 4.69) is 13.8 Å². The van der Waals surface area contributed by atoms with Crippen LogP contribution in [0.4, 0.5) is 0 Å². The lowest BCUT2D eigenvalue weighted by Gasteiger charge is -2.21. The molecule has 1 atom stereocenters. The number of nitrogens with two attached hydrogens (primary N) is 1. The summed E-state index contributed by atoms with van der Waals surface area (Å²) in [6.45, 7) is 4.27. The van der Waals surface area contributed by atoms with Crippen molar-refractivity contribution in [1.82, 2.24) is 0 Å². The summed E-state index contributed by atoms with van der Waals surface area (Å²) in [5.74, 6) is 1.18. The molecule has 1 fully saturated rings. The number of benzene rings is 1. The second-order valence-electron chi connectivity index (χ2n) is 5.29. The van der Waals surface area contributed by atoms with Gasteiger partial charge in [0.05, 0.1) is 7.11 Å². The fraction of sp³-hybridized carbons (Fsp3) is 0.571. The summed E-state index contributed by atoms with van der Waals surface area (Å²) in [6, 6.07) is 5.97. The van der Waals surface area contributed by atoms with Crippen LogP contribution in [0.1, 0.15) is 49.8 Å². The first-order valence-corrected chi connectivity index (χ1v) is 6.13. The van der Waals surface area contributed by atoms with Gasteiger partial charge in [-0.05, 0) is 30.4 Å². The van der Waals surface area contributed by atoms with Crippen molar-refractivity contribution in [2.75, 3.05) is 7.11 Å². The van der Waals surface area contributed by atoms with Gasteiger partial charge in [-0.2, -0.15) is 0 Å². The van der Waals surface area contributed by atoms with Gasteiger partial charge in [0.25, 0.3) is 0 Å². The normalized spacial score (nSPS) is 19.2. The topological polar surface area (TPSA) is 55.5 Å². The Hall–Kier alpha value is -1.06. The maximum atomic E-state index is 10.3. The van der Waals surface area contributed by atoms with E-state index in [0.717, 1.165) is 24.2 Å². The average Bonchev–Trinajstić information content (AvgIpc) is 3.06. The van der Waals surface area contributed by atoms with E-state index < -0.39 is 11.6 Å². The van der Waals surface area contributed by atoms with Crippen molar-refractivity contribution in [3.63, 3.8) is 0 Å². The zero-order valence-electron chi connectivity index (χ0n) is 10.7. The fourth-order valence-electron chi connectivity index (χ4n) is 2.04. The predicted molar refractivity (Wildman–Crippen MR) is 68.2 cm³/mol. The van der Waals surface area contributed by atoms with Crippen molar-refractivity contribution >= 4 is 0 Å². The lowest BCUT2D eigenvalue weighted by molar-refractivity contribution is 0.132. The molecule has 1 aromatic rings. The largest absolute Gasteiger partial charge is 0.496 e. The first-order valence-electron chi connectivity index (χ1n) is 6.13. The fourth-order valence-corrected chi connectivity index (χ4v) is 2.04. The standard InChI is InChI=1S/C14H21NO2/c1-9(2)10-4-5-11(12(8-10)17-3)13(16)14(15)6-7-14/h4-5,8-9,13,16H,6-7,15H2,1-3H3. The summed E-state index contributed by atoms with van der Waals surface area (Å²) in [5.41, 5.74) is 7.61. The van der Waals surface area contributed by atoms with Crippen LogP contribution in [0.5, 0.6) is 5.75 Å². The number of aliphatic hydroxyl groups excluding tert-OH is 1. The molecule has 1 aliphatic rings. The molecular formula is C14H21NO2. The van der Waals surface area contributed by atoms with Gasteiger partial charge in [0.1, 0.15) is 11.9 Å². The van der Waals surface area contributed by atoms with E-state index in [9.17, 15) is 5.11 Å². The molecule has 3 N–H and O–H groups in total. The highest BCUT2D eigenvalue weighted by molar-refractivity contribution is 5.42. The van der Waals surface area contributed by atoms with Gasteiger partial charge in [-0.15, -0.1) is 0 Å². The molecule has 1 saturated carbocycles. The molecule has 1 aliphatic carbocycles. The minimum atomic E-state index is -0.626. The molecule has 0 heterocycles. The van der Waals surface area contributed by atoms with Gasteiger partial charge in [-0.3, -0.25) is 0 Å². The first-order chi connectivity index (χ1) is 7.98. The Morgan fingerprint density at radius 2 is 2.00 bits per heavy atom. The Labute approximate surface area is 103 Å². The molecule has 1 unspecified atom stereocenters. The summed E-state index contributed by atoms with van der Waals surface area (Å²) in [4.78, 5) is 0. The molecule has 0 aromatic heterocycles. The average molecular weight is 235 g/mol. The van der Waals surface area contributed by atoms with Crippen LogP contribution in [0.2, 0.25) is 0 Å². The summed E-state index contributed by atoms with van der Waals surface area (Å²) < 4.78 is 5.36. The second-order valence-corrected chi connectivity index (χ2v) is 5.29. The molecule has 0 radical (unpaired) electrons. The minimum absolute atomic E-state index is 0.438. The highest BCUT2D eigenvalue weighted by Gasteiger charge is 2.46. The van der Waals surface area contributed by atoms with Crippen LogP contribution in [-0.2, 0) is 0 Å². The quantitative estimate of drug-likeness (QED) is 0.842. The summed E-state index contributed by atoms with van der Waals surface area (Å²) in [5, 5.41) is 10.3. The van der Waals surface area contributed by atoms with E-state index in [-0.39, 0.29) is 0 Å². The summed E-state index contributed by atoms with van der Waals surface area (Å²) in [6.07, 6.45) is 1.13. The Morgan fingerprint density at radius 1 is 1.35 bits per heavy atom. The molecule has 1 aromatic carbocycles. The highest BCUT2D eigenvalue weighted by Crippen LogP contribution is 2.45. The number of ether oxygens (including phenoxy) is 1. The minimum Gasteiger partial charge on any atom is -0.496 e. The van der Waals surface area contributed by atoms with Crippen LogP contribution in [0.15, 0.2) is 18.2 Å². The number of methoxy groups -OCH3 is 1. The lowest BCUT2D eigenvalue weighted by Crippen LogP contribution is -2.30. The number of rotatable bonds is 4. The smallest absolute Gasteiger partial charge is 0.125 e. The molecule has 94 valence electrons. The van der Waals surface area contributed by atoms with Crippen molar-refractivity contribution in [1.29, 1.82) is 0 Å². The van der Waals surface area contributed by atoms with Gasteiger partial charge >= 0.3 is 0 Å². The molecule has 2 rings (SSSR count). The summed E-state index contributed by atoms with van der Waals surface area (Å²) >= 11 is 0. The van der Waals surface area contributed by atoms with Gasteiger partial charge < -0.3 is 15.6 Å². The lowest BCUT2D eigenvalue weighted by atomic mass is 9.95. The SMILES string of the molecule is COc1cc(C(C)C)ccc1C(O)C1(N)CC1. The van der Waals surface area contributed by atoms with Crippen molar-refractivity contribution in [2.24, 2.45) is 5.73 Å². The van der Waals surface area contributed by atoms with E-state index in [1.807, 2.05) is 18.2 Å². The van der Waals surface area contributed by atoms with E-state index >= 15 is 0 Å². The Morgan fingerprint density at radius 3 is 2.47 bits per heavy atom. The Balaban J connectivity index is 2.34. The van der Waals surface area contributed by atoms with Crippen molar-refractivity contribution in [3.05, 3.63) is 29.3 Å². The predicted octanol–water partition coefficient (Wildman–Crippen LogP) is 2.34. The zero-order chi connectivity index (χ0) is 12.6. The molecule has 0 aliphatic heterocycles. The molecule has 3 nitrogen and oxygen atoms in total. The maximum absolute atomic E-state index is 10.3. The van der Waals surface area contributed by atoms with Crippen molar-refractivity contribution < 1.29 is 9.84 Å². The van der Waals surface area contributed by atoms with E-state index in [0.29, 0.717) is 5.92 Å². The van der Waals surface area contributed by atoms with Gasteiger partial charge in [0.2, 0.25) is 0 Å². The number of hydrogen-bond acceptors (Lipinski definition) is 3.